The van der Waals surface area contributed by atoms with E-state index >= 15 is 0 Å². The zero-order valence-electron chi connectivity index (χ0n) is 17.2. The molecule has 0 aliphatic heterocycles. The van der Waals surface area contributed by atoms with Gasteiger partial charge in [-0.25, -0.2) is 4.68 Å². The van der Waals surface area contributed by atoms with E-state index in [1.165, 1.54) is 23.1 Å². The minimum Gasteiger partial charge on any atom is -0.346 e. The first-order chi connectivity index (χ1) is 14.7. The molecule has 2 N–H and O–H groups in total. The predicted octanol–water partition coefficient (Wildman–Crippen LogP) is 5.09. The van der Waals surface area contributed by atoms with E-state index in [0.717, 1.165) is 28.1 Å². The lowest BCUT2D eigenvalue weighted by Gasteiger charge is -2.13. The molecule has 0 saturated heterocycles. The Bertz CT molecular complexity index is 1150. The third-order valence-corrected chi connectivity index (χ3v) is 6.93. The fraction of sp³-hybridized carbons (Fsp3) is 0.238. The topological polar surface area (TPSA) is 76.0 Å². The maximum absolute atomic E-state index is 12.2. The van der Waals surface area contributed by atoms with Crippen LogP contribution in [0.5, 0.6) is 0 Å². The summed E-state index contributed by atoms with van der Waals surface area (Å²) in [6.45, 7) is 5.81. The van der Waals surface area contributed by atoms with Crippen LogP contribution in [-0.4, -0.2) is 33.9 Å². The number of carbonyl (C=O) groups is 2. The first kappa shape index (κ1) is 23.5. The van der Waals surface area contributed by atoms with E-state index < -0.39 is 0 Å². The maximum atomic E-state index is 12.2. The van der Waals surface area contributed by atoms with E-state index in [9.17, 15) is 9.59 Å². The van der Waals surface area contributed by atoms with Crippen LogP contribution in [-0.2, 0) is 9.59 Å². The number of aryl methyl sites for hydroxylation is 3. The average Bonchev–Trinajstić information content (AvgIpc) is 3.08. The molecule has 162 valence electrons. The number of amides is 2. The van der Waals surface area contributed by atoms with Gasteiger partial charge in [-0.05, 0) is 68.4 Å². The molecule has 2 amide bonds. The Balaban J connectivity index is 1.51. The van der Waals surface area contributed by atoms with Gasteiger partial charge < -0.3 is 10.6 Å². The van der Waals surface area contributed by atoms with Crippen LogP contribution in [0.3, 0.4) is 0 Å². The highest BCUT2D eigenvalue weighted by molar-refractivity contribution is 8.01. The zero-order valence-corrected chi connectivity index (χ0v) is 20.4. The van der Waals surface area contributed by atoms with E-state index in [1.807, 2.05) is 45.0 Å². The predicted molar refractivity (Wildman–Crippen MR) is 130 cm³/mol. The first-order valence-electron chi connectivity index (χ1n) is 9.36. The number of thioether (sulfide) groups is 1. The van der Waals surface area contributed by atoms with Crippen molar-refractivity contribution in [2.45, 2.75) is 25.1 Å². The summed E-state index contributed by atoms with van der Waals surface area (Å²) in [5.41, 5.74) is 4.71. The highest BCUT2D eigenvalue weighted by Gasteiger charge is 2.12. The van der Waals surface area contributed by atoms with E-state index in [1.54, 1.807) is 16.8 Å². The molecule has 3 aromatic rings. The van der Waals surface area contributed by atoms with Crippen molar-refractivity contribution in [1.82, 2.24) is 15.1 Å². The van der Waals surface area contributed by atoms with Crippen LogP contribution in [0.1, 0.15) is 16.7 Å². The first-order valence-corrected chi connectivity index (χ1v) is 11.9. The second-order valence-electron chi connectivity index (χ2n) is 6.91. The maximum Gasteiger partial charge on any atom is 0.243 e. The molecular formula is C21H21ClN4O2S3. The van der Waals surface area contributed by atoms with Gasteiger partial charge in [0.05, 0.1) is 18.0 Å². The van der Waals surface area contributed by atoms with Crippen LogP contribution in [0.4, 0.5) is 5.69 Å². The summed E-state index contributed by atoms with van der Waals surface area (Å²) < 4.78 is 2.88. The van der Waals surface area contributed by atoms with Crippen molar-refractivity contribution in [2.24, 2.45) is 0 Å². The van der Waals surface area contributed by atoms with E-state index in [0.29, 0.717) is 13.3 Å². The molecular weight excluding hydrogens is 472 g/mol. The van der Waals surface area contributed by atoms with Gasteiger partial charge in [0, 0.05) is 10.7 Å². The number of benzene rings is 2. The normalized spacial score (nSPS) is 10.7. The van der Waals surface area contributed by atoms with Crippen molar-refractivity contribution in [1.29, 1.82) is 0 Å². The Morgan fingerprint density at radius 1 is 1.13 bits per heavy atom. The molecule has 0 aliphatic rings. The molecule has 1 heterocycles. The van der Waals surface area contributed by atoms with Gasteiger partial charge in [-0.15, -0.1) is 5.10 Å². The van der Waals surface area contributed by atoms with Crippen molar-refractivity contribution in [3.63, 3.8) is 0 Å². The molecule has 0 fully saturated rings. The summed E-state index contributed by atoms with van der Waals surface area (Å²) in [7, 11) is 0. The second kappa shape index (κ2) is 10.4. The Morgan fingerprint density at radius 2 is 1.77 bits per heavy atom. The summed E-state index contributed by atoms with van der Waals surface area (Å²) in [6, 6.07) is 11.2. The fourth-order valence-corrected chi connectivity index (χ4v) is 5.30. The molecule has 6 nitrogen and oxygen atoms in total. The van der Waals surface area contributed by atoms with Crippen molar-refractivity contribution in [2.75, 3.05) is 17.6 Å². The minimum atomic E-state index is -0.268. The van der Waals surface area contributed by atoms with Gasteiger partial charge in [-0.1, -0.05) is 52.4 Å². The summed E-state index contributed by atoms with van der Waals surface area (Å²) in [5.74, 6) is -0.383. The van der Waals surface area contributed by atoms with Crippen LogP contribution in [0, 0.1) is 24.7 Å². The molecule has 0 saturated carbocycles. The van der Waals surface area contributed by atoms with E-state index in [-0.39, 0.29) is 24.1 Å². The number of rotatable bonds is 7. The standard InChI is InChI=1S/C21H21ClN4O2S3/c1-12-8-13(2)19(14(3)9-12)24-17(27)10-23-18(28)11-30-20-25-26(21(29)31-20)16-6-4-15(22)5-7-16/h4-9H,10-11H2,1-3H3,(H,23,28)(H,24,27). The molecule has 0 atom stereocenters. The SMILES string of the molecule is Cc1cc(C)c(NC(=O)CNC(=O)CSc2nn(-c3ccc(Cl)cc3)c(=S)s2)c(C)c1. The third kappa shape index (κ3) is 6.39. The largest absolute Gasteiger partial charge is 0.346 e. The number of nitrogens with zero attached hydrogens (tertiary/aromatic N) is 2. The quantitative estimate of drug-likeness (QED) is 0.355. The van der Waals surface area contributed by atoms with Gasteiger partial charge in [0.15, 0.2) is 8.29 Å². The molecule has 0 bridgehead atoms. The van der Waals surface area contributed by atoms with E-state index in [2.05, 4.69) is 15.7 Å². The summed E-state index contributed by atoms with van der Waals surface area (Å²) >= 11 is 13.9. The zero-order chi connectivity index (χ0) is 22.5. The minimum absolute atomic E-state index is 0.0962. The van der Waals surface area contributed by atoms with Crippen molar-refractivity contribution in [3.05, 3.63) is 62.1 Å². The van der Waals surface area contributed by atoms with Gasteiger partial charge in [-0.2, -0.15) is 0 Å². The number of nitrogens with one attached hydrogen (secondary N) is 2. The highest BCUT2D eigenvalue weighted by Crippen LogP contribution is 2.25. The monoisotopic (exact) mass is 492 g/mol. The number of anilines is 1. The molecule has 10 heteroatoms. The van der Waals surface area contributed by atoms with Gasteiger partial charge in [0.25, 0.3) is 0 Å². The van der Waals surface area contributed by atoms with Gasteiger partial charge in [0.1, 0.15) is 0 Å². The van der Waals surface area contributed by atoms with Crippen LogP contribution < -0.4 is 10.6 Å². The molecule has 0 spiro atoms. The van der Waals surface area contributed by atoms with Gasteiger partial charge in [-0.3, -0.25) is 9.59 Å². The Kier molecular flexibility index (Phi) is 7.88. The van der Waals surface area contributed by atoms with Crippen LogP contribution in [0.2, 0.25) is 5.02 Å². The second-order valence-corrected chi connectivity index (χ2v) is 10.2. The molecule has 2 aromatic carbocycles. The Hall–Kier alpha value is -2.20. The van der Waals surface area contributed by atoms with E-state index in [4.69, 9.17) is 23.8 Å². The lowest BCUT2D eigenvalue weighted by molar-refractivity contribution is -0.122. The summed E-state index contributed by atoms with van der Waals surface area (Å²) in [6.07, 6.45) is 0. The number of halogens is 1. The number of hydrogen-bond acceptors (Lipinski definition) is 6. The molecule has 0 aliphatic carbocycles. The van der Waals surface area contributed by atoms with Gasteiger partial charge in [0.2, 0.25) is 11.8 Å². The Morgan fingerprint density at radius 3 is 2.42 bits per heavy atom. The molecule has 3 rings (SSSR count). The highest BCUT2D eigenvalue weighted by atomic mass is 35.5. The number of aromatic nitrogens is 2. The average molecular weight is 493 g/mol. The van der Waals surface area contributed by atoms with Crippen molar-refractivity contribution in [3.8, 4) is 5.69 Å². The number of carbonyl (C=O) groups excluding carboxylic acids is 2. The van der Waals surface area contributed by atoms with Crippen molar-refractivity contribution >= 4 is 64.4 Å². The third-order valence-electron chi connectivity index (χ3n) is 4.31. The molecule has 1 aromatic heterocycles. The van der Waals surface area contributed by atoms with Crippen LogP contribution >= 0.6 is 46.9 Å². The molecule has 0 unspecified atom stereocenters. The smallest absolute Gasteiger partial charge is 0.243 e. The lowest BCUT2D eigenvalue weighted by Crippen LogP contribution is -2.34. The molecule has 0 radical (unpaired) electrons. The van der Waals surface area contributed by atoms with Gasteiger partial charge >= 0.3 is 0 Å². The van der Waals surface area contributed by atoms with Crippen LogP contribution in [0.25, 0.3) is 5.69 Å². The Labute approximate surface area is 199 Å². The molecule has 31 heavy (non-hydrogen) atoms. The fourth-order valence-electron chi connectivity index (χ4n) is 2.98. The lowest BCUT2D eigenvalue weighted by atomic mass is 10.1. The van der Waals surface area contributed by atoms with Crippen LogP contribution in [0.15, 0.2) is 40.7 Å². The number of hydrogen-bond donors (Lipinski definition) is 2. The van der Waals surface area contributed by atoms with Crippen molar-refractivity contribution < 1.29 is 9.59 Å². The summed E-state index contributed by atoms with van der Waals surface area (Å²) in [5, 5.41) is 10.6. The summed E-state index contributed by atoms with van der Waals surface area (Å²) in [4.78, 5) is 24.4.